The van der Waals surface area contributed by atoms with Crippen molar-refractivity contribution in [3.05, 3.63) is 52.5 Å². The number of hydrogen-bond donors (Lipinski definition) is 1. The molecule has 0 saturated heterocycles. The van der Waals surface area contributed by atoms with Crippen molar-refractivity contribution in [1.29, 1.82) is 0 Å². The number of anilines is 2. The summed E-state index contributed by atoms with van der Waals surface area (Å²) >= 11 is 3.06. The molecular formula is C14H13BrFN3O. The van der Waals surface area contributed by atoms with Crippen LogP contribution in [0.3, 0.4) is 0 Å². The van der Waals surface area contributed by atoms with E-state index in [0.29, 0.717) is 11.3 Å². The van der Waals surface area contributed by atoms with E-state index in [1.165, 1.54) is 18.2 Å². The fourth-order valence-corrected chi connectivity index (χ4v) is 2.08. The Balaban J connectivity index is 2.26. The third-order valence-corrected chi connectivity index (χ3v) is 3.32. The Morgan fingerprint density at radius 2 is 2.10 bits per heavy atom. The molecule has 20 heavy (non-hydrogen) atoms. The van der Waals surface area contributed by atoms with Gasteiger partial charge in [-0.2, -0.15) is 0 Å². The van der Waals surface area contributed by atoms with Crippen LogP contribution in [0.15, 0.2) is 41.1 Å². The number of aromatic nitrogens is 1. The number of rotatable bonds is 3. The van der Waals surface area contributed by atoms with Crippen molar-refractivity contribution in [2.75, 3.05) is 24.3 Å². The molecule has 6 heteroatoms. The number of benzene rings is 1. The molecule has 1 heterocycles. The Morgan fingerprint density at radius 3 is 2.75 bits per heavy atom. The molecular weight excluding hydrogens is 325 g/mol. The summed E-state index contributed by atoms with van der Waals surface area (Å²) < 4.78 is 13.4. The van der Waals surface area contributed by atoms with Crippen LogP contribution in [0.5, 0.6) is 0 Å². The molecule has 1 aromatic carbocycles. The molecule has 1 amide bonds. The van der Waals surface area contributed by atoms with Crippen LogP contribution >= 0.6 is 15.9 Å². The van der Waals surface area contributed by atoms with Crippen LogP contribution < -0.4 is 10.2 Å². The lowest BCUT2D eigenvalue weighted by Crippen LogP contribution is -2.17. The van der Waals surface area contributed by atoms with Gasteiger partial charge in [0.2, 0.25) is 0 Å². The van der Waals surface area contributed by atoms with Gasteiger partial charge < -0.3 is 10.2 Å². The first-order valence-electron chi connectivity index (χ1n) is 5.87. The van der Waals surface area contributed by atoms with Gasteiger partial charge in [-0.05, 0) is 40.2 Å². The predicted molar refractivity (Wildman–Crippen MR) is 80.6 cm³/mol. The molecule has 0 aliphatic carbocycles. The molecule has 0 bridgehead atoms. The van der Waals surface area contributed by atoms with Crippen molar-refractivity contribution < 1.29 is 9.18 Å². The van der Waals surface area contributed by atoms with Gasteiger partial charge in [0.25, 0.3) is 5.91 Å². The van der Waals surface area contributed by atoms with Crippen LogP contribution in [-0.2, 0) is 0 Å². The summed E-state index contributed by atoms with van der Waals surface area (Å²) in [6.45, 7) is 0. The second-order valence-corrected chi connectivity index (χ2v) is 5.22. The molecule has 0 radical (unpaired) electrons. The maximum absolute atomic E-state index is 13.2. The van der Waals surface area contributed by atoms with E-state index in [4.69, 9.17) is 0 Å². The average Bonchev–Trinajstić information content (AvgIpc) is 2.42. The Labute approximate surface area is 124 Å². The lowest BCUT2D eigenvalue weighted by molar-refractivity contribution is 0.102. The Bertz CT molecular complexity index is 646. The van der Waals surface area contributed by atoms with Crippen molar-refractivity contribution in [1.82, 2.24) is 4.98 Å². The van der Waals surface area contributed by atoms with Gasteiger partial charge in [0.05, 0.1) is 22.0 Å². The number of carbonyl (C=O) groups is 1. The molecule has 104 valence electrons. The molecule has 2 aromatic rings. The van der Waals surface area contributed by atoms with Crippen LogP contribution in [0, 0.1) is 5.82 Å². The van der Waals surface area contributed by atoms with Gasteiger partial charge >= 0.3 is 0 Å². The summed E-state index contributed by atoms with van der Waals surface area (Å²) in [6, 6.07) is 5.92. The van der Waals surface area contributed by atoms with E-state index in [2.05, 4.69) is 26.2 Å². The molecule has 0 unspecified atom stereocenters. The highest BCUT2D eigenvalue weighted by molar-refractivity contribution is 9.10. The van der Waals surface area contributed by atoms with E-state index in [0.717, 1.165) is 5.69 Å². The van der Waals surface area contributed by atoms with E-state index >= 15 is 0 Å². The van der Waals surface area contributed by atoms with E-state index in [1.54, 1.807) is 18.5 Å². The van der Waals surface area contributed by atoms with Gasteiger partial charge in [0.1, 0.15) is 5.82 Å². The summed E-state index contributed by atoms with van der Waals surface area (Å²) in [4.78, 5) is 18.0. The molecule has 0 aliphatic heterocycles. The molecule has 1 aromatic heterocycles. The highest BCUT2D eigenvalue weighted by atomic mass is 79.9. The zero-order valence-electron chi connectivity index (χ0n) is 11.0. The maximum Gasteiger partial charge on any atom is 0.255 e. The number of pyridine rings is 1. The standard InChI is InChI=1S/C14H13BrFN3O/c1-19(2)13-5-6-17-8-12(13)18-14(20)9-3-4-11(16)10(15)7-9/h3-8H,1-2H3,(H,18,20). The minimum Gasteiger partial charge on any atom is -0.376 e. The molecule has 0 spiro atoms. The van der Waals surface area contributed by atoms with Crippen LogP contribution in [-0.4, -0.2) is 25.0 Å². The van der Waals surface area contributed by atoms with Gasteiger partial charge in [-0.1, -0.05) is 0 Å². The minimum absolute atomic E-state index is 0.254. The summed E-state index contributed by atoms with van der Waals surface area (Å²) in [5.74, 6) is -0.723. The van der Waals surface area contributed by atoms with Crippen LogP contribution in [0.2, 0.25) is 0 Å². The molecule has 0 saturated carbocycles. The van der Waals surface area contributed by atoms with Crippen molar-refractivity contribution in [2.24, 2.45) is 0 Å². The number of halogens is 2. The first-order valence-corrected chi connectivity index (χ1v) is 6.66. The van der Waals surface area contributed by atoms with Crippen molar-refractivity contribution in [3.63, 3.8) is 0 Å². The monoisotopic (exact) mass is 337 g/mol. The zero-order valence-corrected chi connectivity index (χ0v) is 12.6. The van der Waals surface area contributed by atoms with Crippen molar-refractivity contribution in [2.45, 2.75) is 0 Å². The summed E-state index contributed by atoms with van der Waals surface area (Å²) in [5.41, 5.74) is 1.81. The molecule has 0 aliphatic rings. The third-order valence-electron chi connectivity index (χ3n) is 2.71. The molecule has 4 nitrogen and oxygen atoms in total. The van der Waals surface area contributed by atoms with Gasteiger partial charge in [0, 0.05) is 25.9 Å². The summed E-state index contributed by atoms with van der Waals surface area (Å²) in [7, 11) is 3.75. The second-order valence-electron chi connectivity index (χ2n) is 4.37. The maximum atomic E-state index is 13.2. The van der Waals surface area contributed by atoms with E-state index < -0.39 is 5.82 Å². The summed E-state index contributed by atoms with van der Waals surface area (Å²) in [5, 5.41) is 2.77. The first-order chi connectivity index (χ1) is 9.49. The zero-order chi connectivity index (χ0) is 14.7. The highest BCUT2D eigenvalue weighted by Gasteiger charge is 2.12. The predicted octanol–water partition coefficient (Wildman–Crippen LogP) is 3.30. The Hall–Kier alpha value is -1.95. The Kier molecular flexibility index (Phi) is 4.34. The van der Waals surface area contributed by atoms with Gasteiger partial charge in [-0.15, -0.1) is 0 Å². The number of carbonyl (C=O) groups excluding carboxylic acids is 1. The topological polar surface area (TPSA) is 45.2 Å². The van der Waals surface area contributed by atoms with Gasteiger partial charge in [0.15, 0.2) is 0 Å². The van der Waals surface area contributed by atoms with E-state index in [1.807, 2.05) is 19.0 Å². The Morgan fingerprint density at radius 1 is 1.35 bits per heavy atom. The van der Waals surface area contributed by atoms with E-state index in [-0.39, 0.29) is 10.4 Å². The molecule has 0 fully saturated rings. The molecule has 2 rings (SSSR count). The third kappa shape index (κ3) is 3.14. The van der Waals surface area contributed by atoms with Crippen molar-refractivity contribution >= 4 is 33.2 Å². The van der Waals surface area contributed by atoms with Crippen LogP contribution in [0.4, 0.5) is 15.8 Å². The van der Waals surface area contributed by atoms with Gasteiger partial charge in [-0.25, -0.2) is 4.39 Å². The van der Waals surface area contributed by atoms with E-state index in [9.17, 15) is 9.18 Å². The molecule has 0 atom stereocenters. The SMILES string of the molecule is CN(C)c1ccncc1NC(=O)c1ccc(F)c(Br)c1. The second kappa shape index (κ2) is 6.00. The molecule has 1 N–H and O–H groups in total. The quantitative estimate of drug-likeness (QED) is 0.934. The fourth-order valence-electron chi connectivity index (χ4n) is 1.71. The smallest absolute Gasteiger partial charge is 0.255 e. The largest absolute Gasteiger partial charge is 0.376 e. The number of hydrogen-bond acceptors (Lipinski definition) is 3. The summed E-state index contributed by atoms with van der Waals surface area (Å²) in [6.07, 6.45) is 3.23. The fraction of sp³-hybridized carbons (Fsp3) is 0.143. The average molecular weight is 338 g/mol. The lowest BCUT2D eigenvalue weighted by atomic mass is 10.2. The highest BCUT2D eigenvalue weighted by Crippen LogP contribution is 2.23. The minimum atomic E-state index is -0.406. The number of amides is 1. The lowest BCUT2D eigenvalue weighted by Gasteiger charge is -2.17. The van der Waals surface area contributed by atoms with Gasteiger partial charge in [-0.3, -0.25) is 9.78 Å². The number of nitrogens with zero attached hydrogens (tertiary/aromatic N) is 2. The van der Waals surface area contributed by atoms with Crippen LogP contribution in [0.25, 0.3) is 0 Å². The number of nitrogens with one attached hydrogen (secondary N) is 1. The normalized spacial score (nSPS) is 10.2. The first kappa shape index (κ1) is 14.5. The van der Waals surface area contributed by atoms with Crippen molar-refractivity contribution in [3.8, 4) is 0 Å². The van der Waals surface area contributed by atoms with Crippen LogP contribution in [0.1, 0.15) is 10.4 Å².